The van der Waals surface area contributed by atoms with Crippen LogP contribution in [0.2, 0.25) is 18.1 Å². The first kappa shape index (κ1) is 22.2. The van der Waals surface area contributed by atoms with Crippen LogP contribution in [0.15, 0.2) is 12.2 Å². The zero-order valence-electron chi connectivity index (χ0n) is 19.1. The van der Waals surface area contributed by atoms with Crippen LogP contribution in [0, 0.1) is 23.2 Å². The van der Waals surface area contributed by atoms with E-state index in [9.17, 15) is 0 Å². The van der Waals surface area contributed by atoms with Gasteiger partial charge in [0.2, 0.25) is 0 Å². The fourth-order valence-electron chi connectivity index (χ4n) is 5.72. The third-order valence-corrected chi connectivity index (χ3v) is 12.8. The van der Waals surface area contributed by atoms with Crippen LogP contribution in [0.3, 0.4) is 0 Å². The SMILES string of the molecule is C=C(C)CCC[C@@H](C)[C@H]1CC[C@H]2[C@@H](O[Si](C)(C)C(C)(C)C)CCC[C@]12C. The Bertz CT molecular complexity index is 489. The second kappa shape index (κ2) is 8.11. The van der Waals surface area contributed by atoms with Crippen LogP contribution < -0.4 is 0 Å². The van der Waals surface area contributed by atoms with Crippen LogP contribution in [-0.2, 0) is 4.43 Å². The van der Waals surface area contributed by atoms with Crippen molar-refractivity contribution in [2.75, 3.05) is 0 Å². The summed E-state index contributed by atoms with van der Waals surface area (Å²) in [6, 6.07) is 0. The normalized spacial score (nSPS) is 33.8. The van der Waals surface area contributed by atoms with E-state index in [0.717, 1.165) is 17.8 Å². The molecule has 5 atom stereocenters. The highest BCUT2D eigenvalue weighted by Gasteiger charge is 2.54. The van der Waals surface area contributed by atoms with Crippen molar-refractivity contribution in [1.29, 1.82) is 0 Å². The molecule has 2 heteroatoms. The molecule has 1 nitrogen and oxygen atoms in total. The van der Waals surface area contributed by atoms with Crippen molar-refractivity contribution >= 4 is 8.32 Å². The fourth-order valence-corrected chi connectivity index (χ4v) is 7.11. The summed E-state index contributed by atoms with van der Waals surface area (Å²) in [6.45, 7) is 23.4. The Balaban J connectivity index is 2.06. The number of allylic oxidation sites excluding steroid dienone is 1. The van der Waals surface area contributed by atoms with E-state index < -0.39 is 8.32 Å². The maximum Gasteiger partial charge on any atom is 0.192 e. The van der Waals surface area contributed by atoms with Gasteiger partial charge in [-0.05, 0) is 86.7 Å². The smallest absolute Gasteiger partial charge is 0.192 e. The predicted molar refractivity (Wildman–Crippen MR) is 118 cm³/mol. The maximum absolute atomic E-state index is 6.99. The van der Waals surface area contributed by atoms with Gasteiger partial charge in [0.05, 0.1) is 0 Å². The molecule has 0 radical (unpaired) electrons. The highest BCUT2D eigenvalue weighted by molar-refractivity contribution is 6.74. The van der Waals surface area contributed by atoms with E-state index in [1.807, 2.05) is 0 Å². The Kier molecular flexibility index (Phi) is 6.93. The highest BCUT2D eigenvalue weighted by Crippen LogP contribution is 2.59. The van der Waals surface area contributed by atoms with Crippen LogP contribution >= 0.6 is 0 Å². The van der Waals surface area contributed by atoms with Crippen molar-refractivity contribution < 1.29 is 4.43 Å². The van der Waals surface area contributed by atoms with Gasteiger partial charge in [0, 0.05) is 6.10 Å². The molecule has 2 saturated carbocycles. The summed E-state index contributed by atoms with van der Waals surface area (Å²) >= 11 is 0. The summed E-state index contributed by atoms with van der Waals surface area (Å²) in [5, 5.41) is 0.314. The minimum Gasteiger partial charge on any atom is -0.414 e. The van der Waals surface area contributed by atoms with E-state index in [1.165, 1.54) is 56.9 Å². The van der Waals surface area contributed by atoms with Gasteiger partial charge in [0.15, 0.2) is 8.32 Å². The van der Waals surface area contributed by atoms with Gasteiger partial charge in [-0.15, -0.1) is 6.58 Å². The third-order valence-electron chi connectivity index (χ3n) is 8.34. The largest absolute Gasteiger partial charge is 0.414 e. The zero-order chi connectivity index (χ0) is 19.8. The molecule has 0 aliphatic heterocycles. The van der Waals surface area contributed by atoms with Gasteiger partial charge < -0.3 is 4.43 Å². The maximum atomic E-state index is 6.99. The van der Waals surface area contributed by atoms with Gasteiger partial charge in [-0.25, -0.2) is 0 Å². The summed E-state index contributed by atoms with van der Waals surface area (Å²) in [5.74, 6) is 2.53. The van der Waals surface area contributed by atoms with Crippen molar-refractivity contribution in [2.24, 2.45) is 23.2 Å². The van der Waals surface area contributed by atoms with Crippen LogP contribution in [0.4, 0.5) is 0 Å². The monoisotopic (exact) mass is 378 g/mol. The van der Waals surface area contributed by atoms with E-state index >= 15 is 0 Å². The summed E-state index contributed by atoms with van der Waals surface area (Å²) in [6.07, 6.45) is 11.3. The van der Waals surface area contributed by atoms with Crippen molar-refractivity contribution in [3.8, 4) is 0 Å². The fraction of sp³-hybridized carbons (Fsp3) is 0.917. The van der Waals surface area contributed by atoms with Crippen LogP contribution in [0.25, 0.3) is 0 Å². The lowest BCUT2D eigenvalue weighted by Crippen LogP contribution is -2.50. The molecule has 0 bridgehead atoms. The molecule has 152 valence electrons. The molecule has 0 spiro atoms. The first-order valence-corrected chi connectivity index (χ1v) is 14.1. The standard InChI is InChI=1S/C24H46OSi/c1-18(2)12-10-13-19(3)20-15-16-21-22(14-11-17-24(20,21)7)25-26(8,9)23(4,5)6/h19-22H,1,10-17H2,2-9H3/t19-,20-,21+,22+,24-/m1/s1. The van der Waals surface area contributed by atoms with Gasteiger partial charge >= 0.3 is 0 Å². The molecule has 0 aromatic heterocycles. The topological polar surface area (TPSA) is 9.23 Å². The molecule has 0 amide bonds. The molecule has 2 aliphatic rings. The van der Waals surface area contributed by atoms with Crippen molar-refractivity contribution in [3.63, 3.8) is 0 Å². The molecule has 0 unspecified atom stereocenters. The minimum atomic E-state index is -1.68. The molecule has 2 rings (SSSR count). The van der Waals surface area contributed by atoms with Crippen LogP contribution in [0.5, 0.6) is 0 Å². The number of hydrogen-bond donors (Lipinski definition) is 0. The molecule has 0 aromatic rings. The molecule has 0 N–H and O–H groups in total. The van der Waals surface area contributed by atoms with Gasteiger partial charge in [-0.1, -0.05) is 53.0 Å². The second-order valence-corrected chi connectivity index (χ2v) is 16.2. The molecule has 26 heavy (non-hydrogen) atoms. The first-order valence-electron chi connectivity index (χ1n) is 11.2. The van der Waals surface area contributed by atoms with E-state index in [0.29, 0.717) is 16.6 Å². The average molecular weight is 379 g/mol. The van der Waals surface area contributed by atoms with E-state index in [1.54, 1.807) is 0 Å². The second-order valence-electron chi connectivity index (χ2n) is 11.4. The lowest BCUT2D eigenvalue weighted by molar-refractivity contribution is -0.0212. The Labute approximate surface area is 165 Å². The first-order chi connectivity index (χ1) is 11.9. The van der Waals surface area contributed by atoms with Gasteiger partial charge in [-0.2, -0.15) is 0 Å². The van der Waals surface area contributed by atoms with Gasteiger partial charge in [-0.3, -0.25) is 0 Å². The Morgan fingerprint density at radius 2 is 1.88 bits per heavy atom. The van der Waals surface area contributed by atoms with E-state index in [-0.39, 0.29) is 0 Å². The van der Waals surface area contributed by atoms with Crippen molar-refractivity contribution in [1.82, 2.24) is 0 Å². The molecule has 2 fully saturated rings. The van der Waals surface area contributed by atoms with Crippen molar-refractivity contribution in [2.45, 2.75) is 117 Å². The molecule has 0 saturated heterocycles. The Hall–Kier alpha value is -0.0831. The summed E-state index contributed by atoms with van der Waals surface area (Å²) in [7, 11) is -1.68. The number of fused-ring (bicyclic) bond motifs is 1. The third kappa shape index (κ3) is 4.66. The van der Waals surface area contributed by atoms with E-state index in [4.69, 9.17) is 4.43 Å². The van der Waals surface area contributed by atoms with Crippen LogP contribution in [0.1, 0.15) is 92.9 Å². The number of hydrogen-bond acceptors (Lipinski definition) is 1. The van der Waals surface area contributed by atoms with Gasteiger partial charge in [0.1, 0.15) is 0 Å². The molecule has 2 aliphatic carbocycles. The quantitative estimate of drug-likeness (QED) is 0.322. The van der Waals surface area contributed by atoms with E-state index in [2.05, 4.69) is 61.2 Å². The summed E-state index contributed by atoms with van der Waals surface area (Å²) < 4.78 is 6.99. The zero-order valence-corrected chi connectivity index (χ0v) is 20.1. The highest BCUT2D eigenvalue weighted by atomic mass is 28.4. The molecule has 0 heterocycles. The van der Waals surface area contributed by atoms with Gasteiger partial charge in [0.25, 0.3) is 0 Å². The number of rotatable bonds is 7. The lowest BCUT2D eigenvalue weighted by atomic mass is 9.61. The van der Waals surface area contributed by atoms with Crippen LogP contribution in [-0.4, -0.2) is 14.4 Å². The van der Waals surface area contributed by atoms with Crippen molar-refractivity contribution in [3.05, 3.63) is 12.2 Å². The molecular weight excluding hydrogens is 332 g/mol. The molecular formula is C24H46OSi. The Morgan fingerprint density at radius 1 is 1.23 bits per heavy atom. The Morgan fingerprint density at radius 3 is 2.46 bits per heavy atom. The summed E-state index contributed by atoms with van der Waals surface area (Å²) in [4.78, 5) is 0. The molecule has 0 aromatic carbocycles. The average Bonchev–Trinajstić information content (AvgIpc) is 2.83. The summed E-state index contributed by atoms with van der Waals surface area (Å²) in [5.41, 5.74) is 1.85. The lowest BCUT2D eigenvalue weighted by Gasteiger charge is -2.50. The predicted octanol–water partition coefficient (Wildman–Crippen LogP) is 7.98. The minimum absolute atomic E-state index is 0.314.